The molecule has 0 saturated carbocycles. The average molecular weight is 435 g/mol. The van der Waals surface area contributed by atoms with E-state index in [2.05, 4.69) is 55.4 Å². The van der Waals surface area contributed by atoms with Gasteiger partial charge in [-0.1, -0.05) is 200 Å². The predicted octanol–water partition coefficient (Wildman–Crippen LogP) is 13.4. The summed E-state index contributed by atoms with van der Waals surface area (Å²) in [5, 5.41) is 0. The Hall–Kier alpha value is 0. The van der Waals surface area contributed by atoms with Gasteiger partial charge >= 0.3 is 0 Å². The van der Waals surface area contributed by atoms with Gasteiger partial charge < -0.3 is 0 Å². The van der Waals surface area contributed by atoms with Crippen molar-refractivity contribution >= 4 is 0 Å². The Morgan fingerprint density at radius 3 is 0.533 bits per heavy atom. The predicted molar refractivity (Wildman–Crippen MR) is 153 cm³/mol. The van der Waals surface area contributed by atoms with Crippen LogP contribution in [0, 0.1) is 0 Å². The summed E-state index contributed by atoms with van der Waals surface area (Å²) >= 11 is 0. The zero-order chi connectivity index (χ0) is 24.0. The summed E-state index contributed by atoms with van der Waals surface area (Å²) in [7, 11) is 0. The average Bonchev–Trinajstić information content (AvgIpc) is 2.78. The molecule has 0 heteroatoms. The first-order valence-corrected chi connectivity index (χ1v) is 14.2. The van der Waals surface area contributed by atoms with Gasteiger partial charge in [0.05, 0.1) is 0 Å². The fourth-order valence-corrected chi connectivity index (χ4v) is 2.06. The van der Waals surface area contributed by atoms with Gasteiger partial charge in [0, 0.05) is 0 Å². The third kappa shape index (κ3) is 121. The molecule has 0 spiro atoms. The highest BCUT2D eigenvalue weighted by molar-refractivity contribution is 4.45. The Morgan fingerprint density at radius 2 is 0.400 bits per heavy atom. The second-order valence-corrected chi connectivity index (χ2v) is 7.24. The first-order valence-electron chi connectivity index (χ1n) is 14.2. The van der Waals surface area contributed by atoms with Crippen LogP contribution in [0.15, 0.2) is 0 Å². The lowest BCUT2D eigenvalue weighted by atomic mass is 10.1. The fraction of sp³-hybridized carbons (Fsp3) is 1.00. The number of hydrogen-bond acceptors (Lipinski definition) is 0. The van der Waals surface area contributed by atoms with E-state index < -0.39 is 0 Å². The van der Waals surface area contributed by atoms with E-state index >= 15 is 0 Å². The molecule has 0 amide bonds. The molecule has 0 aromatic rings. The third-order valence-electron chi connectivity index (χ3n) is 3.91. The summed E-state index contributed by atoms with van der Waals surface area (Å²) in [6.45, 7) is 25.6. The second kappa shape index (κ2) is 78.7. The zero-order valence-corrected chi connectivity index (χ0v) is 24.0. The molecular weight excluding hydrogens is 360 g/mol. The van der Waals surface area contributed by atoms with Crippen molar-refractivity contribution < 1.29 is 0 Å². The molecule has 0 saturated heterocycles. The van der Waals surface area contributed by atoms with Gasteiger partial charge in [0.25, 0.3) is 0 Å². The van der Waals surface area contributed by atoms with Crippen LogP contribution in [0.25, 0.3) is 0 Å². The number of unbranched alkanes of at least 4 members (excludes halogenated alkanes) is 13. The highest BCUT2D eigenvalue weighted by Gasteiger charge is 1.90. The molecular formula is C30H74. The highest BCUT2D eigenvalue weighted by atomic mass is 14.0. The van der Waals surface area contributed by atoms with Gasteiger partial charge in [0.2, 0.25) is 0 Å². The summed E-state index contributed by atoms with van der Waals surface area (Å²) in [4.78, 5) is 0. The molecule has 0 radical (unpaired) electrons. The van der Waals surface area contributed by atoms with E-state index in [4.69, 9.17) is 0 Å². The molecule has 0 bridgehead atoms. The van der Waals surface area contributed by atoms with Crippen molar-refractivity contribution in [2.24, 2.45) is 0 Å². The van der Waals surface area contributed by atoms with E-state index in [0.717, 1.165) is 0 Å². The van der Waals surface area contributed by atoms with Crippen molar-refractivity contribution in [3.8, 4) is 0 Å². The Balaban J connectivity index is -0.0000000497. The van der Waals surface area contributed by atoms with E-state index in [-0.39, 0.29) is 7.43 Å². The normalized spacial score (nSPS) is 8.00. The van der Waals surface area contributed by atoms with Crippen molar-refractivity contribution in [1.29, 1.82) is 0 Å². The third-order valence-corrected chi connectivity index (χ3v) is 3.91. The first kappa shape index (κ1) is 47.7. The number of rotatable bonds is 13. The Kier molecular flexibility index (Phi) is 125. The van der Waals surface area contributed by atoms with Crippen molar-refractivity contribution in [3.63, 3.8) is 0 Å². The minimum atomic E-state index is 0. The molecule has 0 unspecified atom stereocenters. The van der Waals surface area contributed by atoms with Crippen LogP contribution >= 0.6 is 0 Å². The maximum atomic E-state index is 2.28. The van der Waals surface area contributed by atoms with Gasteiger partial charge in [0.15, 0.2) is 0 Å². The molecule has 0 aromatic carbocycles. The SMILES string of the molecule is C.CC.CC.CCC.CCCC.CCCCCC.CCCCCCCCCCCC. The van der Waals surface area contributed by atoms with Crippen LogP contribution in [0.5, 0.6) is 0 Å². The summed E-state index contributed by atoms with van der Waals surface area (Å²) in [6.07, 6.45) is 23.9. The monoisotopic (exact) mass is 435 g/mol. The lowest BCUT2D eigenvalue weighted by Gasteiger charge is -1.99. The molecule has 194 valence electrons. The van der Waals surface area contributed by atoms with Crippen molar-refractivity contribution in [1.82, 2.24) is 0 Å². The van der Waals surface area contributed by atoms with Gasteiger partial charge in [-0.15, -0.1) is 0 Å². The Morgan fingerprint density at radius 1 is 0.267 bits per heavy atom. The van der Waals surface area contributed by atoms with Gasteiger partial charge in [-0.2, -0.15) is 0 Å². The molecule has 0 atom stereocenters. The topological polar surface area (TPSA) is 0 Å². The first-order chi connectivity index (χ1) is 14.2. The van der Waals surface area contributed by atoms with Gasteiger partial charge in [-0.3, -0.25) is 0 Å². The van der Waals surface area contributed by atoms with Crippen molar-refractivity contribution in [3.05, 3.63) is 0 Å². The second-order valence-electron chi connectivity index (χ2n) is 7.24. The van der Waals surface area contributed by atoms with E-state index in [1.807, 2.05) is 27.7 Å². The quantitative estimate of drug-likeness (QED) is 0.253. The van der Waals surface area contributed by atoms with Crippen molar-refractivity contribution in [2.75, 3.05) is 0 Å². The van der Waals surface area contributed by atoms with E-state index in [1.165, 1.54) is 109 Å². The van der Waals surface area contributed by atoms with Crippen LogP contribution in [0.1, 0.15) is 200 Å². The molecule has 0 rings (SSSR count). The summed E-state index contributed by atoms with van der Waals surface area (Å²) < 4.78 is 0. The molecule has 0 aliphatic heterocycles. The summed E-state index contributed by atoms with van der Waals surface area (Å²) in [6, 6.07) is 0. The minimum Gasteiger partial charge on any atom is -0.0776 e. The van der Waals surface area contributed by atoms with Crippen molar-refractivity contribution in [2.45, 2.75) is 200 Å². The van der Waals surface area contributed by atoms with E-state index in [9.17, 15) is 0 Å². The number of hydrogen-bond donors (Lipinski definition) is 0. The molecule has 0 fully saturated rings. The summed E-state index contributed by atoms with van der Waals surface area (Å²) in [5.41, 5.74) is 0. The van der Waals surface area contributed by atoms with Gasteiger partial charge in [0.1, 0.15) is 0 Å². The maximum absolute atomic E-state index is 2.28. The smallest absolute Gasteiger partial charge is 0.0533 e. The van der Waals surface area contributed by atoms with Crippen LogP contribution in [0.3, 0.4) is 0 Å². The lowest BCUT2D eigenvalue weighted by molar-refractivity contribution is 0.562. The fourth-order valence-electron chi connectivity index (χ4n) is 2.06. The van der Waals surface area contributed by atoms with Gasteiger partial charge in [-0.25, -0.2) is 0 Å². The lowest BCUT2D eigenvalue weighted by Crippen LogP contribution is -1.80. The molecule has 0 nitrogen and oxygen atoms in total. The van der Waals surface area contributed by atoms with Gasteiger partial charge in [-0.05, 0) is 0 Å². The Bertz CT molecular complexity index is 123. The van der Waals surface area contributed by atoms with Crippen LogP contribution in [-0.4, -0.2) is 0 Å². The van der Waals surface area contributed by atoms with E-state index in [0.29, 0.717) is 0 Å². The molecule has 0 aliphatic rings. The zero-order valence-electron chi connectivity index (χ0n) is 24.0. The van der Waals surface area contributed by atoms with Crippen LogP contribution < -0.4 is 0 Å². The standard InChI is InChI=1S/C12H26.C6H14.C4H10.C3H8.2C2H6.CH4/c1-3-5-7-9-11-12-10-8-6-4-2;1-3-5-6-4-2;1-3-4-2;1-3-2;2*1-2;/h3-12H2,1-2H3;3-6H2,1-2H3;3-4H2,1-2H3;3H2,1-2H3;2*1-2H3;1H4. The van der Waals surface area contributed by atoms with Crippen LogP contribution in [0.2, 0.25) is 0 Å². The molecule has 0 aromatic heterocycles. The van der Waals surface area contributed by atoms with E-state index in [1.54, 1.807) is 0 Å². The summed E-state index contributed by atoms with van der Waals surface area (Å²) in [5.74, 6) is 0. The molecule has 0 N–H and O–H groups in total. The molecule has 0 aliphatic carbocycles. The molecule has 30 heavy (non-hydrogen) atoms. The van der Waals surface area contributed by atoms with Crippen LogP contribution in [0.4, 0.5) is 0 Å². The maximum Gasteiger partial charge on any atom is -0.0533 e. The Labute approximate surface area is 199 Å². The highest BCUT2D eigenvalue weighted by Crippen LogP contribution is 2.09. The largest absolute Gasteiger partial charge is 0.0776 e. The minimum absolute atomic E-state index is 0. The molecule has 0 heterocycles. The van der Waals surface area contributed by atoms with Crippen LogP contribution in [-0.2, 0) is 0 Å².